The summed E-state index contributed by atoms with van der Waals surface area (Å²) in [4.78, 5) is 12.4. The van der Waals surface area contributed by atoms with Crippen LogP contribution in [0.2, 0.25) is 0 Å². The molecule has 0 atom stereocenters. The number of benzene rings is 2. The Morgan fingerprint density at radius 3 is 2.54 bits per heavy atom. The highest BCUT2D eigenvalue weighted by atomic mass is 16.5. The molecule has 2 aromatic rings. The lowest BCUT2D eigenvalue weighted by molar-refractivity contribution is -0.132. The van der Waals surface area contributed by atoms with Crippen LogP contribution in [-0.4, -0.2) is 29.8 Å². The minimum atomic E-state index is -0.110. The molecule has 0 spiro atoms. The SMILES string of the molecule is Cc1ccc(C)c(OCC(=O)N2CCC(c3ccccc3)=N2)c1C. The number of hydrogen-bond donors (Lipinski definition) is 0. The number of hydrogen-bond acceptors (Lipinski definition) is 3. The summed E-state index contributed by atoms with van der Waals surface area (Å²) in [6.45, 7) is 6.67. The lowest BCUT2D eigenvalue weighted by Gasteiger charge is -2.16. The van der Waals surface area contributed by atoms with Gasteiger partial charge in [-0.15, -0.1) is 0 Å². The zero-order valence-corrected chi connectivity index (χ0v) is 14.4. The zero-order valence-electron chi connectivity index (χ0n) is 14.4. The molecule has 124 valence electrons. The van der Waals surface area contributed by atoms with Crippen molar-refractivity contribution >= 4 is 11.6 Å². The maximum absolute atomic E-state index is 12.4. The van der Waals surface area contributed by atoms with E-state index in [0.29, 0.717) is 6.54 Å². The maximum Gasteiger partial charge on any atom is 0.280 e. The summed E-state index contributed by atoms with van der Waals surface area (Å²) in [5.74, 6) is 0.691. The minimum Gasteiger partial charge on any atom is -0.483 e. The van der Waals surface area contributed by atoms with E-state index in [9.17, 15) is 4.79 Å². The second-order valence-electron chi connectivity index (χ2n) is 6.12. The number of hydrazone groups is 1. The number of amides is 1. The molecule has 4 nitrogen and oxygen atoms in total. The summed E-state index contributed by atoms with van der Waals surface area (Å²) >= 11 is 0. The smallest absolute Gasteiger partial charge is 0.280 e. The highest BCUT2D eigenvalue weighted by Crippen LogP contribution is 2.25. The van der Waals surface area contributed by atoms with Crippen LogP contribution >= 0.6 is 0 Å². The first-order valence-electron chi connectivity index (χ1n) is 8.19. The molecule has 0 N–H and O–H groups in total. The van der Waals surface area contributed by atoms with Gasteiger partial charge in [0, 0.05) is 6.42 Å². The molecule has 0 saturated heterocycles. The normalized spacial score (nSPS) is 13.8. The molecule has 1 amide bonds. The van der Waals surface area contributed by atoms with Gasteiger partial charge in [0.25, 0.3) is 5.91 Å². The third kappa shape index (κ3) is 3.32. The largest absolute Gasteiger partial charge is 0.483 e. The van der Waals surface area contributed by atoms with E-state index in [1.54, 1.807) is 0 Å². The zero-order chi connectivity index (χ0) is 17.1. The van der Waals surface area contributed by atoms with Crippen LogP contribution in [0, 0.1) is 20.8 Å². The summed E-state index contributed by atoms with van der Waals surface area (Å²) in [5, 5.41) is 5.97. The van der Waals surface area contributed by atoms with Crippen LogP contribution in [0.15, 0.2) is 47.6 Å². The number of carbonyl (C=O) groups excluding carboxylic acids is 1. The maximum atomic E-state index is 12.4. The van der Waals surface area contributed by atoms with Crippen LogP contribution < -0.4 is 4.74 Å². The van der Waals surface area contributed by atoms with Crippen molar-refractivity contribution in [3.05, 3.63) is 64.7 Å². The molecule has 0 fully saturated rings. The lowest BCUT2D eigenvalue weighted by Crippen LogP contribution is -2.29. The second kappa shape index (κ2) is 6.87. The molecule has 24 heavy (non-hydrogen) atoms. The van der Waals surface area contributed by atoms with Crippen LogP contribution in [0.3, 0.4) is 0 Å². The quantitative estimate of drug-likeness (QED) is 0.862. The molecule has 1 aliphatic heterocycles. The minimum absolute atomic E-state index is 0.0106. The van der Waals surface area contributed by atoms with E-state index in [1.165, 1.54) is 5.01 Å². The van der Waals surface area contributed by atoms with Gasteiger partial charge in [-0.25, -0.2) is 5.01 Å². The standard InChI is InChI=1S/C20H22N2O2/c1-14-9-10-15(2)20(16(14)3)24-13-19(23)22-12-11-18(21-22)17-7-5-4-6-8-17/h4-10H,11-13H2,1-3H3. The summed E-state index contributed by atoms with van der Waals surface area (Å²) in [5.41, 5.74) is 5.30. The molecule has 0 aromatic heterocycles. The molecule has 0 radical (unpaired) electrons. The van der Waals surface area contributed by atoms with Crippen molar-refractivity contribution in [1.29, 1.82) is 0 Å². The molecule has 4 heteroatoms. The Morgan fingerprint density at radius 1 is 1.08 bits per heavy atom. The number of nitrogens with zero attached hydrogens (tertiary/aromatic N) is 2. The molecule has 0 bridgehead atoms. The van der Waals surface area contributed by atoms with Crippen molar-refractivity contribution in [2.75, 3.05) is 13.2 Å². The highest BCUT2D eigenvalue weighted by molar-refractivity contribution is 6.02. The van der Waals surface area contributed by atoms with Crippen molar-refractivity contribution in [3.8, 4) is 5.75 Å². The average molecular weight is 322 g/mol. The molecule has 0 unspecified atom stereocenters. The van der Waals surface area contributed by atoms with Gasteiger partial charge in [0.2, 0.25) is 0 Å². The van der Waals surface area contributed by atoms with Gasteiger partial charge in [0.05, 0.1) is 12.3 Å². The molecule has 3 rings (SSSR count). The molecule has 0 aliphatic carbocycles. The van der Waals surface area contributed by atoms with Gasteiger partial charge in [-0.2, -0.15) is 5.10 Å². The third-order valence-electron chi connectivity index (χ3n) is 4.41. The van der Waals surface area contributed by atoms with Crippen molar-refractivity contribution in [1.82, 2.24) is 5.01 Å². The van der Waals surface area contributed by atoms with E-state index < -0.39 is 0 Å². The Morgan fingerprint density at radius 2 is 1.79 bits per heavy atom. The summed E-state index contributed by atoms with van der Waals surface area (Å²) in [6.07, 6.45) is 0.776. The van der Waals surface area contributed by atoms with Crippen molar-refractivity contribution in [2.45, 2.75) is 27.2 Å². The van der Waals surface area contributed by atoms with Crippen LogP contribution in [0.4, 0.5) is 0 Å². The monoisotopic (exact) mass is 322 g/mol. The molecular formula is C20H22N2O2. The predicted octanol–water partition coefficient (Wildman–Crippen LogP) is 3.63. The van der Waals surface area contributed by atoms with Gasteiger partial charge in [-0.1, -0.05) is 42.5 Å². The number of aryl methyl sites for hydroxylation is 2. The van der Waals surface area contributed by atoms with E-state index in [4.69, 9.17) is 4.74 Å². The first-order valence-corrected chi connectivity index (χ1v) is 8.19. The Kier molecular flexibility index (Phi) is 4.65. The van der Waals surface area contributed by atoms with Gasteiger partial charge in [0.1, 0.15) is 5.75 Å². The summed E-state index contributed by atoms with van der Waals surface area (Å²) in [7, 11) is 0. The fourth-order valence-corrected chi connectivity index (χ4v) is 2.83. The van der Waals surface area contributed by atoms with Gasteiger partial charge < -0.3 is 4.74 Å². The average Bonchev–Trinajstić information content (AvgIpc) is 3.09. The first kappa shape index (κ1) is 16.2. The summed E-state index contributed by atoms with van der Waals surface area (Å²) < 4.78 is 5.80. The fraction of sp³-hybridized carbons (Fsp3) is 0.300. The van der Waals surface area contributed by atoms with E-state index in [0.717, 1.165) is 40.1 Å². The molecule has 0 saturated carbocycles. The Bertz CT molecular complexity index is 782. The topological polar surface area (TPSA) is 41.9 Å². The van der Waals surface area contributed by atoms with Gasteiger partial charge in [-0.3, -0.25) is 4.79 Å². The predicted molar refractivity (Wildman–Crippen MR) is 95.5 cm³/mol. The third-order valence-corrected chi connectivity index (χ3v) is 4.41. The molecule has 1 aliphatic rings. The van der Waals surface area contributed by atoms with Crippen LogP contribution in [-0.2, 0) is 4.79 Å². The van der Waals surface area contributed by atoms with E-state index >= 15 is 0 Å². The van der Waals surface area contributed by atoms with Crippen LogP contribution in [0.25, 0.3) is 0 Å². The molecular weight excluding hydrogens is 300 g/mol. The van der Waals surface area contributed by atoms with Crippen molar-refractivity contribution in [3.63, 3.8) is 0 Å². The number of rotatable bonds is 4. The lowest BCUT2D eigenvalue weighted by atomic mass is 10.1. The van der Waals surface area contributed by atoms with Crippen LogP contribution in [0.1, 0.15) is 28.7 Å². The Balaban J connectivity index is 1.67. The van der Waals surface area contributed by atoms with Gasteiger partial charge >= 0.3 is 0 Å². The fourth-order valence-electron chi connectivity index (χ4n) is 2.83. The Hall–Kier alpha value is -2.62. The highest BCUT2D eigenvalue weighted by Gasteiger charge is 2.22. The molecule has 2 aromatic carbocycles. The van der Waals surface area contributed by atoms with E-state index in [1.807, 2.05) is 57.2 Å². The van der Waals surface area contributed by atoms with E-state index in [-0.39, 0.29) is 12.5 Å². The number of ether oxygens (including phenoxy) is 1. The van der Waals surface area contributed by atoms with Gasteiger partial charge in [-0.05, 0) is 43.0 Å². The summed E-state index contributed by atoms with van der Waals surface area (Å²) in [6, 6.07) is 14.1. The second-order valence-corrected chi connectivity index (χ2v) is 6.12. The Labute approximate surface area is 142 Å². The first-order chi connectivity index (χ1) is 11.6. The number of carbonyl (C=O) groups is 1. The van der Waals surface area contributed by atoms with Crippen molar-refractivity contribution in [2.24, 2.45) is 5.10 Å². The van der Waals surface area contributed by atoms with Crippen molar-refractivity contribution < 1.29 is 9.53 Å². The van der Waals surface area contributed by atoms with E-state index in [2.05, 4.69) is 11.2 Å². The van der Waals surface area contributed by atoms with Gasteiger partial charge in [0.15, 0.2) is 6.61 Å². The van der Waals surface area contributed by atoms with Crippen LogP contribution in [0.5, 0.6) is 5.75 Å². The molecule has 1 heterocycles.